The van der Waals surface area contributed by atoms with Crippen LogP contribution < -0.4 is 0 Å². The molecule has 0 aliphatic rings. The molecule has 1 heterocycles. The zero-order valence-corrected chi connectivity index (χ0v) is 10.2. The second-order valence-electron chi connectivity index (χ2n) is 4.11. The van der Waals surface area contributed by atoms with E-state index in [4.69, 9.17) is 11.6 Å². The largest absolute Gasteiger partial charge is 0.342 e. The highest BCUT2D eigenvalue weighted by Crippen LogP contribution is 2.20. The molecule has 0 unspecified atom stereocenters. The second kappa shape index (κ2) is 4.42. The first-order valence-corrected chi connectivity index (χ1v) is 5.98. The Kier molecular flexibility index (Phi) is 2.76. The number of aromatic amines is 1. The Labute approximate surface area is 108 Å². The van der Waals surface area contributed by atoms with Gasteiger partial charge in [0.15, 0.2) is 0 Å². The summed E-state index contributed by atoms with van der Waals surface area (Å²) < 4.78 is 13.2. The monoisotopic (exact) mass is 260 g/mol. The molecule has 0 atom stereocenters. The first-order chi connectivity index (χ1) is 8.72. The van der Waals surface area contributed by atoms with Crippen molar-refractivity contribution in [2.45, 2.75) is 6.42 Å². The maximum Gasteiger partial charge on any atom is 0.123 e. The van der Waals surface area contributed by atoms with E-state index in [0.29, 0.717) is 11.4 Å². The number of hydrogen-bond acceptors (Lipinski definition) is 1. The lowest BCUT2D eigenvalue weighted by Crippen LogP contribution is -1.92. The van der Waals surface area contributed by atoms with Crippen LogP contribution in [0, 0.1) is 5.82 Å². The van der Waals surface area contributed by atoms with E-state index in [-0.39, 0.29) is 5.82 Å². The third-order valence-corrected chi connectivity index (χ3v) is 3.17. The number of hydrogen-bond donors (Lipinski definition) is 1. The summed E-state index contributed by atoms with van der Waals surface area (Å²) in [5.74, 6) is 0.495. The molecule has 0 radical (unpaired) electrons. The molecule has 1 aromatic heterocycles. The Morgan fingerprint density at radius 2 is 2.00 bits per heavy atom. The highest BCUT2D eigenvalue weighted by Gasteiger charge is 2.07. The Bertz CT molecular complexity index is 673. The molecular formula is C14H10ClFN2. The van der Waals surface area contributed by atoms with Crippen LogP contribution in [0.3, 0.4) is 0 Å². The molecule has 0 aliphatic carbocycles. The van der Waals surface area contributed by atoms with Crippen molar-refractivity contribution in [3.8, 4) is 0 Å². The number of benzene rings is 2. The Morgan fingerprint density at radius 3 is 2.83 bits per heavy atom. The normalized spacial score (nSPS) is 11.0. The van der Waals surface area contributed by atoms with Crippen LogP contribution in [0.5, 0.6) is 0 Å². The molecule has 0 amide bonds. The number of fused-ring (bicyclic) bond motifs is 1. The van der Waals surface area contributed by atoms with Gasteiger partial charge in [0.25, 0.3) is 0 Å². The first-order valence-electron chi connectivity index (χ1n) is 5.60. The van der Waals surface area contributed by atoms with Crippen molar-refractivity contribution < 1.29 is 4.39 Å². The SMILES string of the molecule is Fc1ccc(Cl)c(Cc2nc3ccccc3[nH]2)c1. The van der Waals surface area contributed by atoms with Crippen molar-refractivity contribution in [3.63, 3.8) is 0 Å². The molecule has 0 saturated carbocycles. The molecule has 2 nitrogen and oxygen atoms in total. The Balaban J connectivity index is 1.98. The van der Waals surface area contributed by atoms with Gasteiger partial charge in [-0.05, 0) is 35.9 Å². The fourth-order valence-electron chi connectivity index (χ4n) is 1.95. The fraction of sp³-hybridized carbons (Fsp3) is 0.0714. The van der Waals surface area contributed by atoms with Crippen molar-refractivity contribution in [1.29, 1.82) is 0 Å². The standard InChI is InChI=1S/C14H10ClFN2/c15-11-6-5-10(16)7-9(11)8-14-17-12-3-1-2-4-13(12)18-14/h1-7H,8H2,(H,17,18). The summed E-state index contributed by atoms with van der Waals surface area (Å²) in [5.41, 5.74) is 2.61. The van der Waals surface area contributed by atoms with Gasteiger partial charge in [0.2, 0.25) is 0 Å². The lowest BCUT2D eigenvalue weighted by molar-refractivity contribution is 0.626. The Hall–Kier alpha value is -1.87. The van der Waals surface area contributed by atoms with Crippen molar-refractivity contribution in [2.24, 2.45) is 0 Å². The van der Waals surface area contributed by atoms with Crippen LogP contribution in [0.1, 0.15) is 11.4 Å². The van der Waals surface area contributed by atoms with Gasteiger partial charge in [-0.15, -0.1) is 0 Å². The van der Waals surface area contributed by atoms with Gasteiger partial charge in [-0.25, -0.2) is 9.37 Å². The van der Waals surface area contributed by atoms with Gasteiger partial charge < -0.3 is 4.98 Å². The number of nitrogens with zero attached hydrogens (tertiary/aromatic N) is 1. The molecule has 18 heavy (non-hydrogen) atoms. The summed E-state index contributed by atoms with van der Waals surface area (Å²) in [6.07, 6.45) is 0.491. The molecule has 4 heteroatoms. The highest BCUT2D eigenvalue weighted by molar-refractivity contribution is 6.31. The lowest BCUT2D eigenvalue weighted by Gasteiger charge is -2.01. The first kappa shape index (κ1) is 11.2. The van der Waals surface area contributed by atoms with Crippen molar-refractivity contribution in [1.82, 2.24) is 9.97 Å². The lowest BCUT2D eigenvalue weighted by atomic mass is 10.1. The predicted molar refractivity (Wildman–Crippen MR) is 70.3 cm³/mol. The Morgan fingerprint density at radius 1 is 1.17 bits per heavy atom. The molecular weight excluding hydrogens is 251 g/mol. The van der Waals surface area contributed by atoms with Crippen LogP contribution >= 0.6 is 11.6 Å². The number of H-pyrrole nitrogens is 1. The quantitative estimate of drug-likeness (QED) is 0.743. The molecule has 0 aliphatic heterocycles. The van der Waals surface area contributed by atoms with Crippen molar-refractivity contribution >= 4 is 22.6 Å². The molecule has 3 rings (SSSR count). The van der Waals surface area contributed by atoms with E-state index in [9.17, 15) is 4.39 Å². The van der Waals surface area contributed by atoms with Crippen LogP contribution in [0.15, 0.2) is 42.5 Å². The van der Waals surface area contributed by atoms with E-state index in [1.165, 1.54) is 12.1 Å². The predicted octanol–water partition coefficient (Wildman–Crippen LogP) is 3.95. The van der Waals surface area contributed by atoms with E-state index in [1.807, 2.05) is 24.3 Å². The summed E-state index contributed by atoms with van der Waals surface area (Å²) in [6, 6.07) is 12.1. The van der Waals surface area contributed by atoms with E-state index < -0.39 is 0 Å². The third-order valence-electron chi connectivity index (χ3n) is 2.80. The molecule has 3 aromatic rings. The van der Waals surface area contributed by atoms with Crippen molar-refractivity contribution in [3.05, 3.63) is 64.7 Å². The summed E-state index contributed by atoms with van der Waals surface area (Å²) in [5, 5.41) is 0.553. The van der Waals surface area contributed by atoms with Gasteiger partial charge in [0.05, 0.1) is 11.0 Å². The molecule has 90 valence electrons. The van der Waals surface area contributed by atoms with Crippen LogP contribution in [-0.4, -0.2) is 9.97 Å². The summed E-state index contributed by atoms with van der Waals surface area (Å²) in [4.78, 5) is 7.64. The molecule has 0 spiro atoms. The topological polar surface area (TPSA) is 28.7 Å². The van der Waals surface area contributed by atoms with Gasteiger partial charge in [-0.1, -0.05) is 23.7 Å². The van der Waals surface area contributed by atoms with Gasteiger partial charge in [0, 0.05) is 11.4 Å². The van der Waals surface area contributed by atoms with Crippen LogP contribution in [-0.2, 0) is 6.42 Å². The number of halogens is 2. The van der Waals surface area contributed by atoms with Gasteiger partial charge in [-0.3, -0.25) is 0 Å². The van der Waals surface area contributed by atoms with Crippen molar-refractivity contribution in [2.75, 3.05) is 0 Å². The van der Waals surface area contributed by atoms with Crippen LogP contribution in [0.25, 0.3) is 11.0 Å². The summed E-state index contributed by atoms with van der Waals surface area (Å²) >= 11 is 6.04. The second-order valence-corrected chi connectivity index (χ2v) is 4.52. The minimum Gasteiger partial charge on any atom is -0.342 e. The van der Waals surface area contributed by atoms with Crippen LogP contribution in [0.2, 0.25) is 5.02 Å². The molecule has 1 N–H and O–H groups in total. The minimum atomic E-state index is -0.287. The van der Waals surface area contributed by atoms with Gasteiger partial charge in [-0.2, -0.15) is 0 Å². The highest BCUT2D eigenvalue weighted by atomic mass is 35.5. The van der Waals surface area contributed by atoms with E-state index >= 15 is 0 Å². The fourth-order valence-corrected chi connectivity index (χ4v) is 2.13. The van der Waals surface area contributed by atoms with Gasteiger partial charge in [0.1, 0.15) is 11.6 Å². The van der Waals surface area contributed by atoms with E-state index in [1.54, 1.807) is 6.07 Å². The van der Waals surface area contributed by atoms with Crippen LogP contribution in [0.4, 0.5) is 4.39 Å². The maximum atomic E-state index is 13.2. The average molecular weight is 261 g/mol. The molecule has 2 aromatic carbocycles. The number of imidazole rings is 1. The minimum absolute atomic E-state index is 0.287. The molecule has 0 fully saturated rings. The number of rotatable bonds is 2. The zero-order valence-electron chi connectivity index (χ0n) is 9.45. The number of aromatic nitrogens is 2. The summed E-state index contributed by atoms with van der Waals surface area (Å²) in [6.45, 7) is 0. The van der Waals surface area contributed by atoms with Gasteiger partial charge >= 0.3 is 0 Å². The molecule has 0 bridgehead atoms. The van der Waals surface area contributed by atoms with E-state index in [2.05, 4.69) is 9.97 Å². The zero-order chi connectivity index (χ0) is 12.5. The number of nitrogens with one attached hydrogen (secondary N) is 1. The average Bonchev–Trinajstić information content (AvgIpc) is 2.76. The number of para-hydroxylation sites is 2. The summed E-state index contributed by atoms with van der Waals surface area (Å²) in [7, 11) is 0. The molecule has 0 saturated heterocycles. The maximum absolute atomic E-state index is 13.2. The van der Waals surface area contributed by atoms with E-state index in [0.717, 1.165) is 22.4 Å². The third kappa shape index (κ3) is 2.09. The smallest absolute Gasteiger partial charge is 0.123 e.